The first-order valence-corrected chi connectivity index (χ1v) is 8.02. The lowest BCUT2D eigenvalue weighted by Crippen LogP contribution is -2.20. The minimum absolute atomic E-state index is 0.386. The van der Waals surface area contributed by atoms with E-state index < -0.39 is 0 Å². The number of aryl methyl sites for hydroxylation is 2. The fraction of sp³-hybridized carbons (Fsp3) is 0.667. The lowest BCUT2D eigenvalue weighted by atomic mass is 9.90. The Balaban J connectivity index is 2.47. The molecule has 0 spiro atoms. The lowest BCUT2D eigenvalue weighted by Gasteiger charge is -2.20. The number of aliphatic hydroxyl groups is 1. The third kappa shape index (κ3) is 5.42. The molecule has 3 heteroatoms. The first-order valence-electron chi connectivity index (χ1n) is 8.02. The van der Waals surface area contributed by atoms with E-state index in [1.807, 2.05) is 6.92 Å². The van der Waals surface area contributed by atoms with Crippen LogP contribution in [0.15, 0.2) is 6.07 Å². The van der Waals surface area contributed by atoms with E-state index in [-0.39, 0.29) is 6.10 Å². The molecule has 0 saturated heterocycles. The van der Waals surface area contributed by atoms with Crippen LogP contribution in [0.25, 0.3) is 0 Å². The summed E-state index contributed by atoms with van der Waals surface area (Å²) in [6.07, 6.45) is 1.38. The Kier molecular flexibility index (Phi) is 7.94. The molecule has 0 aromatic heterocycles. The summed E-state index contributed by atoms with van der Waals surface area (Å²) in [7, 11) is 0. The van der Waals surface area contributed by atoms with Gasteiger partial charge in [0.05, 0.1) is 6.10 Å². The maximum absolute atomic E-state index is 10.5. The third-order valence-corrected chi connectivity index (χ3v) is 4.20. The second-order valence-electron chi connectivity index (χ2n) is 5.78. The summed E-state index contributed by atoms with van der Waals surface area (Å²) in [5.74, 6) is 0. The Hall–Kier alpha value is -0.900. The van der Waals surface area contributed by atoms with Crippen LogP contribution in [0.4, 0.5) is 0 Å². The Morgan fingerprint density at radius 1 is 1.10 bits per heavy atom. The van der Waals surface area contributed by atoms with Crippen molar-refractivity contribution in [3.63, 3.8) is 0 Å². The van der Waals surface area contributed by atoms with E-state index in [1.165, 1.54) is 22.3 Å². The summed E-state index contributed by atoms with van der Waals surface area (Å²) >= 11 is 0. The van der Waals surface area contributed by atoms with Crippen molar-refractivity contribution in [2.45, 2.75) is 53.6 Å². The summed E-state index contributed by atoms with van der Waals surface area (Å²) in [4.78, 5) is 0. The van der Waals surface area contributed by atoms with Crippen LogP contribution in [0, 0.1) is 27.7 Å². The predicted octanol–water partition coefficient (Wildman–Crippen LogP) is 3.36. The Morgan fingerprint density at radius 3 is 2.29 bits per heavy atom. The summed E-state index contributed by atoms with van der Waals surface area (Å²) < 4.78 is 5.30. The topological polar surface area (TPSA) is 41.5 Å². The van der Waals surface area contributed by atoms with Gasteiger partial charge in [0.15, 0.2) is 0 Å². The molecular formula is C18H31NO2. The van der Waals surface area contributed by atoms with Gasteiger partial charge in [-0.2, -0.15) is 0 Å². The van der Waals surface area contributed by atoms with Gasteiger partial charge >= 0.3 is 0 Å². The Labute approximate surface area is 129 Å². The van der Waals surface area contributed by atoms with E-state index >= 15 is 0 Å². The molecular weight excluding hydrogens is 262 g/mol. The van der Waals surface area contributed by atoms with Crippen LogP contribution in [0.2, 0.25) is 0 Å². The second-order valence-corrected chi connectivity index (χ2v) is 5.78. The zero-order chi connectivity index (χ0) is 15.8. The lowest BCUT2D eigenvalue weighted by molar-refractivity contribution is 0.143. The van der Waals surface area contributed by atoms with E-state index in [9.17, 15) is 5.11 Å². The van der Waals surface area contributed by atoms with Gasteiger partial charge in [0.2, 0.25) is 0 Å². The number of hydrogen-bond acceptors (Lipinski definition) is 3. The van der Waals surface area contributed by atoms with Gasteiger partial charge in [0.25, 0.3) is 0 Å². The molecule has 0 aliphatic heterocycles. The van der Waals surface area contributed by atoms with E-state index in [4.69, 9.17) is 4.74 Å². The molecule has 1 rings (SSSR count). The molecule has 0 aliphatic carbocycles. The van der Waals surface area contributed by atoms with E-state index in [2.05, 4.69) is 39.1 Å². The Morgan fingerprint density at radius 2 is 1.71 bits per heavy atom. The molecule has 0 fully saturated rings. The van der Waals surface area contributed by atoms with Gasteiger partial charge in [-0.15, -0.1) is 0 Å². The first-order chi connectivity index (χ1) is 9.99. The second kappa shape index (κ2) is 9.19. The highest BCUT2D eigenvalue weighted by molar-refractivity contribution is 5.45. The van der Waals surface area contributed by atoms with E-state index in [0.29, 0.717) is 0 Å². The molecule has 2 N–H and O–H groups in total. The van der Waals surface area contributed by atoms with Crippen LogP contribution in [-0.2, 0) is 4.74 Å². The van der Waals surface area contributed by atoms with Crippen molar-refractivity contribution in [1.82, 2.24) is 5.32 Å². The molecule has 0 aliphatic rings. The number of hydrogen-bond donors (Lipinski definition) is 2. The molecule has 0 heterocycles. The number of nitrogens with one attached hydrogen (secondary N) is 1. The van der Waals surface area contributed by atoms with Gasteiger partial charge in [0, 0.05) is 13.2 Å². The minimum Gasteiger partial charge on any atom is -0.388 e. The summed E-state index contributed by atoms with van der Waals surface area (Å²) in [6.45, 7) is 13.8. The molecule has 1 aromatic rings. The number of benzene rings is 1. The third-order valence-electron chi connectivity index (χ3n) is 4.20. The monoisotopic (exact) mass is 293 g/mol. The van der Waals surface area contributed by atoms with Gasteiger partial charge in [0.1, 0.15) is 0 Å². The van der Waals surface area contributed by atoms with Gasteiger partial charge in [-0.1, -0.05) is 6.07 Å². The first kappa shape index (κ1) is 18.1. The van der Waals surface area contributed by atoms with Crippen LogP contribution < -0.4 is 5.32 Å². The SMILES string of the molecule is CCOCCCNCCC(O)c1c(C)c(C)cc(C)c1C. The molecule has 0 radical (unpaired) electrons. The molecule has 0 bridgehead atoms. The van der Waals surface area contributed by atoms with Gasteiger partial charge in [-0.25, -0.2) is 0 Å². The average molecular weight is 293 g/mol. The molecule has 21 heavy (non-hydrogen) atoms. The summed E-state index contributed by atoms with van der Waals surface area (Å²) in [5, 5.41) is 13.9. The largest absolute Gasteiger partial charge is 0.388 e. The quantitative estimate of drug-likeness (QED) is 0.686. The van der Waals surface area contributed by atoms with Crippen molar-refractivity contribution < 1.29 is 9.84 Å². The normalized spacial score (nSPS) is 12.7. The number of aliphatic hydroxyl groups excluding tert-OH is 1. The molecule has 3 nitrogen and oxygen atoms in total. The van der Waals surface area contributed by atoms with Crippen molar-refractivity contribution >= 4 is 0 Å². The van der Waals surface area contributed by atoms with Crippen molar-refractivity contribution in [3.05, 3.63) is 33.9 Å². The molecule has 1 atom stereocenters. The van der Waals surface area contributed by atoms with Crippen LogP contribution in [0.5, 0.6) is 0 Å². The molecule has 0 amide bonds. The van der Waals surface area contributed by atoms with Crippen LogP contribution in [0.3, 0.4) is 0 Å². The zero-order valence-electron chi connectivity index (χ0n) is 14.3. The number of rotatable bonds is 9. The van der Waals surface area contributed by atoms with Crippen LogP contribution >= 0.6 is 0 Å². The maximum Gasteiger partial charge on any atom is 0.0807 e. The maximum atomic E-state index is 10.5. The van der Waals surface area contributed by atoms with Crippen LogP contribution in [0.1, 0.15) is 53.7 Å². The standard InChI is InChI=1S/C18H31NO2/c1-6-21-11-7-9-19-10-8-17(20)18-15(4)13(2)12-14(3)16(18)5/h12,17,19-20H,6-11H2,1-5H3. The zero-order valence-corrected chi connectivity index (χ0v) is 14.3. The number of ether oxygens (including phenoxy) is 1. The van der Waals surface area contributed by atoms with Crippen molar-refractivity contribution in [3.8, 4) is 0 Å². The fourth-order valence-corrected chi connectivity index (χ4v) is 2.70. The molecule has 1 aromatic carbocycles. The predicted molar refractivity (Wildman–Crippen MR) is 88.9 cm³/mol. The van der Waals surface area contributed by atoms with Crippen molar-refractivity contribution in [1.29, 1.82) is 0 Å². The molecule has 0 saturated carbocycles. The highest BCUT2D eigenvalue weighted by Gasteiger charge is 2.15. The highest BCUT2D eigenvalue weighted by Crippen LogP contribution is 2.28. The summed E-state index contributed by atoms with van der Waals surface area (Å²) in [6, 6.07) is 2.20. The van der Waals surface area contributed by atoms with E-state index in [1.54, 1.807) is 0 Å². The molecule has 120 valence electrons. The van der Waals surface area contributed by atoms with E-state index in [0.717, 1.165) is 44.7 Å². The van der Waals surface area contributed by atoms with Gasteiger partial charge in [-0.05, 0) is 88.4 Å². The minimum atomic E-state index is -0.386. The van der Waals surface area contributed by atoms with Gasteiger partial charge in [-0.3, -0.25) is 0 Å². The molecule has 1 unspecified atom stereocenters. The van der Waals surface area contributed by atoms with Crippen LogP contribution in [-0.4, -0.2) is 31.4 Å². The smallest absolute Gasteiger partial charge is 0.0807 e. The van der Waals surface area contributed by atoms with Crippen molar-refractivity contribution in [2.24, 2.45) is 0 Å². The fourth-order valence-electron chi connectivity index (χ4n) is 2.70. The van der Waals surface area contributed by atoms with Crippen molar-refractivity contribution in [2.75, 3.05) is 26.3 Å². The van der Waals surface area contributed by atoms with Gasteiger partial charge < -0.3 is 15.2 Å². The Bertz CT molecular complexity index is 417. The highest BCUT2D eigenvalue weighted by atomic mass is 16.5. The average Bonchev–Trinajstić information content (AvgIpc) is 2.44. The summed E-state index contributed by atoms with van der Waals surface area (Å²) in [5.41, 5.74) is 6.08.